The average Bonchev–Trinajstić information content (AvgIpc) is 2.25. The molecule has 2 rings (SSSR count). The van der Waals surface area contributed by atoms with Crippen LogP contribution in [0.4, 0.5) is 0 Å². The van der Waals surface area contributed by atoms with E-state index in [1.54, 1.807) is 0 Å². The molecule has 0 fully saturated rings. The second-order valence-corrected chi connectivity index (χ2v) is 4.43. The molecule has 1 aromatic rings. The van der Waals surface area contributed by atoms with Crippen molar-refractivity contribution in [1.82, 2.24) is 5.32 Å². The number of hydrogen-bond acceptors (Lipinski definition) is 3. The van der Waals surface area contributed by atoms with Crippen LogP contribution < -0.4 is 10.1 Å². The Balaban J connectivity index is 2.30. The highest BCUT2D eigenvalue weighted by Crippen LogP contribution is 2.31. The van der Waals surface area contributed by atoms with E-state index in [1.165, 1.54) is 5.56 Å². The maximum atomic E-state index is 5.54. The first kappa shape index (κ1) is 10.9. The molecule has 1 N–H and O–H groups in total. The van der Waals surface area contributed by atoms with Crippen molar-refractivity contribution in [3.05, 3.63) is 27.7 Å². The van der Waals surface area contributed by atoms with Gasteiger partial charge in [0.2, 0.25) is 0 Å². The molecule has 0 aliphatic carbocycles. The van der Waals surface area contributed by atoms with Gasteiger partial charge in [-0.25, -0.2) is 0 Å². The molecule has 1 aliphatic heterocycles. The van der Waals surface area contributed by atoms with Gasteiger partial charge >= 0.3 is 0 Å². The van der Waals surface area contributed by atoms with Crippen LogP contribution in [-0.4, -0.2) is 20.4 Å². The van der Waals surface area contributed by atoms with Crippen LogP contribution in [0.5, 0.6) is 5.75 Å². The molecule has 0 saturated heterocycles. The van der Waals surface area contributed by atoms with E-state index in [1.807, 2.05) is 7.05 Å². The van der Waals surface area contributed by atoms with Crippen LogP contribution in [0.2, 0.25) is 0 Å². The predicted molar refractivity (Wildman–Crippen MR) is 62.1 cm³/mol. The highest BCUT2D eigenvalue weighted by atomic mass is 79.9. The van der Waals surface area contributed by atoms with Crippen molar-refractivity contribution in [2.24, 2.45) is 0 Å². The Morgan fingerprint density at radius 3 is 3.13 bits per heavy atom. The molecule has 0 saturated carbocycles. The third kappa shape index (κ3) is 2.51. The van der Waals surface area contributed by atoms with E-state index in [0.29, 0.717) is 13.4 Å². The van der Waals surface area contributed by atoms with Gasteiger partial charge in [0.05, 0.1) is 6.61 Å². The van der Waals surface area contributed by atoms with E-state index in [4.69, 9.17) is 9.47 Å². The van der Waals surface area contributed by atoms with Crippen LogP contribution in [0.15, 0.2) is 16.6 Å². The zero-order valence-electron chi connectivity index (χ0n) is 8.68. The fraction of sp³-hybridized carbons (Fsp3) is 0.455. The van der Waals surface area contributed by atoms with Crippen molar-refractivity contribution in [3.63, 3.8) is 0 Å². The fourth-order valence-electron chi connectivity index (χ4n) is 1.70. The zero-order chi connectivity index (χ0) is 10.7. The summed E-state index contributed by atoms with van der Waals surface area (Å²) in [5.41, 5.74) is 2.36. The Morgan fingerprint density at radius 1 is 1.47 bits per heavy atom. The highest BCUT2D eigenvalue weighted by molar-refractivity contribution is 9.10. The SMILES string of the molecule is CNCCc1cc(Br)cc2c1OCOC2. The lowest BCUT2D eigenvalue weighted by Gasteiger charge is -2.21. The van der Waals surface area contributed by atoms with Gasteiger partial charge in [-0.1, -0.05) is 15.9 Å². The molecule has 1 heterocycles. The molecular weight excluding hydrogens is 258 g/mol. The number of hydrogen-bond donors (Lipinski definition) is 1. The summed E-state index contributed by atoms with van der Waals surface area (Å²) in [4.78, 5) is 0. The van der Waals surface area contributed by atoms with Crippen molar-refractivity contribution in [2.45, 2.75) is 13.0 Å². The number of likely N-dealkylation sites (N-methyl/N-ethyl adjacent to an activating group) is 1. The Kier molecular flexibility index (Phi) is 3.61. The molecule has 0 amide bonds. The zero-order valence-corrected chi connectivity index (χ0v) is 10.3. The molecule has 0 aromatic heterocycles. The first-order valence-electron chi connectivity index (χ1n) is 4.97. The second kappa shape index (κ2) is 4.96. The number of benzene rings is 1. The van der Waals surface area contributed by atoms with Crippen molar-refractivity contribution >= 4 is 15.9 Å². The van der Waals surface area contributed by atoms with E-state index in [9.17, 15) is 0 Å². The first-order chi connectivity index (χ1) is 7.31. The lowest BCUT2D eigenvalue weighted by Crippen LogP contribution is -2.16. The van der Waals surface area contributed by atoms with Gasteiger partial charge in [-0.05, 0) is 37.7 Å². The first-order valence-corrected chi connectivity index (χ1v) is 5.77. The van der Waals surface area contributed by atoms with E-state index < -0.39 is 0 Å². The number of halogens is 1. The molecule has 0 bridgehead atoms. The largest absolute Gasteiger partial charge is 0.467 e. The smallest absolute Gasteiger partial charge is 0.189 e. The maximum Gasteiger partial charge on any atom is 0.189 e. The summed E-state index contributed by atoms with van der Waals surface area (Å²) in [7, 11) is 1.95. The quantitative estimate of drug-likeness (QED) is 0.913. The molecule has 4 heteroatoms. The Morgan fingerprint density at radius 2 is 2.33 bits per heavy atom. The Hall–Kier alpha value is -0.580. The standard InChI is InChI=1S/C11H14BrNO2/c1-13-3-2-8-4-10(12)5-9-6-14-7-15-11(8)9/h4-5,13H,2-3,6-7H2,1H3. The van der Waals surface area contributed by atoms with Crippen molar-refractivity contribution in [2.75, 3.05) is 20.4 Å². The highest BCUT2D eigenvalue weighted by Gasteiger charge is 2.15. The topological polar surface area (TPSA) is 30.5 Å². The monoisotopic (exact) mass is 271 g/mol. The van der Waals surface area contributed by atoms with Crippen LogP contribution in [0.1, 0.15) is 11.1 Å². The molecule has 82 valence electrons. The number of nitrogens with one attached hydrogen (secondary N) is 1. The summed E-state index contributed by atoms with van der Waals surface area (Å²) < 4.78 is 11.9. The van der Waals surface area contributed by atoms with Crippen LogP contribution in [0, 0.1) is 0 Å². The van der Waals surface area contributed by atoms with Gasteiger partial charge in [0.1, 0.15) is 5.75 Å². The van der Waals surface area contributed by atoms with Gasteiger partial charge in [-0.15, -0.1) is 0 Å². The van der Waals surface area contributed by atoms with Crippen LogP contribution in [-0.2, 0) is 17.8 Å². The van der Waals surface area contributed by atoms with Crippen LogP contribution in [0.3, 0.4) is 0 Å². The van der Waals surface area contributed by atoms with Crippen molar-refractivity contribution < 1.29 is 9.47 Å². The number of ether oxygens (including phenoxy) is 2. The fourth-order valence-corrected chi connectivity index (χ4v) is 2.25. The molecular formula is C11H14BrNO2. The lowest BCUT2D eigenvalue weighted by atomic mass is 10.1. The molecule has 0 atom stereocenters. The van der Waals surface area contributed by atoms with Gasteiger partial charge in [0.25, 0.3) is 0 Å². The third-order valence-electron chi connectivity index (χ3n) is 2.40. The van der Waals surface area contributed by atoms with Gasteiger partial charge in [0, 0.05) is 10.0 Å². The predicted octanol–water partition coefficient (Wildman–Crippen LogP) is 2.08. The minimum absolute atomic E-state index is 0.362. The maximum absolute atomic E-state index is 5.54. The Bertz CT molecular complexity index is 355. The number of rotatable bonds is 3. The molecule has 0 spiro atoms. The van der Waals surface area contributed by atoms with E-state index in [2.05, 4.69) is 33.4 Å². The molecule has 0 unspecified atom stereocenters. The van der Waals surface area contributed by atoms with Gasteiger partial charge in [0.15, 0.2) is 6.79 Å². The Labute approximate surface area is 97.9 Å². The molecule has 0 radical (unpaired) electrons. The number of fused-ring (bicyclic) bond motifs is 1. The molecule has 3 nitrogen and oxygen atoms in total. The van der Waals surface area contributed by atoms with E-state index in [-0.39, 0.29) is 0 Å². The summed E-state index contributed by atoms with van der Waals surface area (Å²) >= 11 is 3.50. The van der Waals surface area contributed by atoms with Crippen LogP contribution in [0.25, 0.3) is 0 Å². The molecule has 1 aromatic carbocycles. The van der Waals surface area contributed by atoms with Gasteiger partial charge < -0.3 is 14.8 Å². The summed E-state index contributed by atoms with van der Waals surface area (Å²) in [5, 5.41) is 3.14. The van der Waals surface area contributed by atoms with Gasteiger partial charge in [-0.2, -0.15) is 0 Å². The van der Waals surface area contributed by atoms with E-state index >= 15 is 0 Å². The second-order valence-electron chi connectivity index (χ2n) is 3.52. The normalized spacial score (nSPS) is 14.5. The molecule has 1 aliphatic rings. The summed E-state index contributed by atoms with van der Waals surface area (Å²) in [6.45, 7) is 1.95. The van der Waals surface area contributed by atoms with E-state index in [0.717, 1.165) is 28.8 Å². The van der Waals surface area contributed by atoms with Crippen molar-refractivity contribution in [3.8, 4) is 5.75 Å². The average molecular weight is 272 g/mol. The minimum Gasteiger partial charge on any atom is -0.467 e. The lowest BCUT2D eigenvalue weighted by molar-refractivity contribution is -0.0170. The summed E-state index contributed by atoms with van der Waals surface area (Å²) in [6, 6.07) is 4.17. The summed E-state index contributed by atoms with van der Waals surface area (Å²) in [6.07, 6.45) is 0.971. The van der Waals surface area contributed by atoms with Gasteiger partial charge in [-0.3, -0.25) is 0 Å². The van der Waals surface area contributed by atoms with Crippen LogP contribution >= 0.6 is 15.9 Å². The minimum atomic E-state index is 0.362. The van der Waals surface area contributed by atoms with Crippen molar-refractivity contribution in [1.29, 1.82) is 0 Å². The third-order valence-corrected chi connectivity index (χ3v) is 2.85. The summed E-state index contributed by atoms with van der Waals surface area (Å²) in [5.74, 6) is 1.000. The molecule has 15 heavy (non-hydrogen) atoms.